The Morgan fingerprint density at radius 3 is 2.58 bits per heavy atom. The summed E-state index contributed by atoms with van der Waals surface area (Å²) in [4.78, 5) is 0. The molecule has 2 fully saturated rings. The maximum atomic E-state index is 15.2. The van der Waals surface area contributed by atoms with Crippen molar-refractivity contribution in [1.29, 1.82) is 0 Å². The zero-order valence-electron chi connectivity index (χ0n) is 20.7. The molecule has 2 aromatic rings. The minimum Gasteiger partial charge on any atom is -0.207 e. The minimum absolute atomic E-state index is 0.208. The van der Waals surface area contributed by atoms with Gasteiger partial charge in [0, 0.05) is 5.39 Å². The number of aryl methyl sites for hydroxylation is 1. The summed E-state index contributed by atoms with van der Waals surface area (Å²) in [5, 5.41) is 1.28. The molecule has 2 aromatic carbocycles. The summed E-state index contributed by atoms with van der Waals surface area (Å²) in [6, 6.07) is 7.30. The van der Waals surface area contributed by atoms with Gasteiger partial charge < -0.3 is 0 Å². The highest BCUT2D eigenvalue weighted by molar-refractivity contribution is 5.85. The summed E-state index contributed by atoms with van der Waals surface area (Å²) in [6.07, 6.45) is 19.9. The third-order valence-electron chi connectivity index (χ3n) is 8.59. The maximum Gasteiger partial charge on any atom is 0.134 e. The molecule has 33 heavy (non-hydrogen) atoms. The number of halogens is 2. The van der Waals surface area contributed by atoms with Crippen LogP contribution in [-0.2, 0) is 6.42 Å². The summed E-state index contributed by atoms with van der Waals surface area (Å²) in [5.74, 6) is 2.34. The van der Waals surface area contributed by atoms with Crippen molar-refractivity contribution in [2.45, 2.75) is 103 Å². The molecule has 0 bridgehead atoms. The fraction of sp³-hybridized carbons (Fsp3) is 0.613. The molecular weight excluding hydrogens is 410 g/mol. The monoisotopic (exact) mass is 452 g/mol. The number of rotatable bonds is 9. The second-order valence-electron chi connectivity index (χ2n) is 10.8. The smallest absolute Gasteiger partial charge is 0.134 e. The van der Waals surface area contributed by atoms with Crippen LogP contribution in [0.25, 0.3) is 10.8 Å². The summed E-state index contributed by atoms with van der Waals surface area (Å²) >= 11 is 0. The molecule has 0 aliphatic heterocycles. The lowest BCUT2D eigenvalue weighted by Crippen LogP contribution is -2.30. The largest absolute Gasteiger partial charge is 0.207 e. The van der Waals surface area contributed by atoms with Gasteiger partial charge in [-0.1, -0.05) is 69.7 Å². The third-order valence-corrected chi connectivity index (χ3v) is 8.59. The Labute approximate surface area is 199 Å². The fourth-order valence-electron chi connectivity index (χ4n) is 6.67. The molecule has 0 N–H and O–H groups in total. The minimum atomic E-state index is -0.247. The van der Waals surface area contributed by atoms with Crippen LogP contribution in [-0.4, -0.2) is 0 Å². The lowest BCUT2D eigenvalue weighted by molar-refractivity contribution is 0.112. The van der Waals surface area contributed by atoms with Crippen LogP contribution in [0.3, 0.4) is 0 Å². The third kappa shape index (κ3) is 5.87. The summed E-state index contributed by atoms with van der Waals surface area (Å²) < 4.78 is 30.3. The van der Waals surface area contributed by atoms with Gasteiger partial charge in [0.05, 0.1) is 0 Å². The van der Waals surface area contributed by atoms with Crippen LogP contribution in [0.15, 0.2) is 36.4 Å². The van der Waals surface area contributed by atoms with E-state index in [1.165, 1.54) is 63.9 Å². The van der Waals surface area contributed by atoms with Gasteiger partial charge in [0.1, 0.15) is 11.6 Å². The second-order valence-corrected chi connectivity index (χ2v) is 10.8. The van der Waals surface area contributed by atoms with Gasteiger partial charge in [-0.15, -0.1) is 0 Å². The molecule has 180 valence electrons. The van der Waals surface area contributed by atoms with Crippen molar-refractivity contribution in [3.63, 3.8) is 0 Å². The van der Waals surface area contributed by atoms with Gasteiger partial charge in [0.2, 0.25) is 0 Å². The number of fused-ring (bicyclic) bond motifs is 2. The number of hydrogen-bond donors (Lipinski definition) is 0. The molecule has 0 nitrogen and oxygen atoms in total. The molecule has 0 saturated heterocycles. The molecule has 2 saturated carbocycles. The van der Waals surface area contributed by atoms with Gasteiger partial charge in [-0.05, 0) is 104 Å². The molecule has 2 unspecified atom stereocenters. The van der Waals surface area contributed by atoms with E-state index in [0.29, 0.717) is 17.4 Å². The average Bonchev–Trinajstić information content (AvgIpc) is 2.83. The van der Waals surface area contributed by atoms with Crippen LogP contribution in [0.5, 0.6) is 0 Å². The first-order valence-electron chi connectivity index (χ1n) is 13.6. The fourth-order valence-corrected chi connectivity index (χ4v) is 6.67. The normalized spacial score (nSPS) is 25.6. The number of allylic oxidation sites excluding steroid dienone is 2. The van der Waals surface area contributed by atoms with Crippen LogP contribution >= 0.6 is 0 Å². The lowest BCUT2D eigenvalue weighted by atomic mass is 9.63. The molecule has 0 spiro atoms. The van der Waals surface area contributed by atoms with E-state index >= 15 is 8.78 Å². The predicted octanol–water partition coefficient (Wildman–Crippen LogP) is 9.90. The standard InChI is InChI=1S/C31H42F2/c1-3-5-7-9-10-22-12-13-25-19-26(17-15-24(25)18-22)28-20-27-16-14-23(11-8-6-4-2)31(33)29(27)21-30(28)32/h4,6,14,16,20-22,24-26H,3,5,7-13,15,17-19H2,1-2H3/b6-4+/t22?,24-,25?,26-/m1/s1. The maximum absolute atomic E-state index is 15.2. The first kappa shape index (κ1) is 24.4. The van der Waals surface area contributed by atoms with Gasteiger partial charge >= 0.3 is 0 Å². The molecule has 0 amide bonds. The number of unbranched alkanes of at least 4 members (excludes halogenated alkanes) is 3. The Morgan fingerprint density at radius 2 is 1.76 bits per heavy atom. The van der Waals surface area contributed by atoms with Crippen LogP contribution in [0.2, 0.25) is 0 Å². The highest BCUT2D eigenvalue weighted by atomic mass is 19.1. The highest BCUT2D eigenvalue weighted by Gasteiger charge is 2.36. The Balaban J connectivity index is 1.42. The molecular formula is C31H42F2. The van der Waals surface area contributed by atoms with E-state index in [0.717, 1.165) is 48.0 Å². The SMILES string of the molecule is C/C=C/CCc1ccc2cc([C@@H]3CC[C@@H]4CC(CCCCCC)CCC4C3)c(F)cc2c1F. The van der Waals surface area contributed by atoms with E-state index in [4.69, 9.17) is 0 Å². The molecule has 0 heterocycles. The molecule has 4 atom stereocenters. The van der Waals surface area contributed by atoms with Crippen molar-refractivity contribution < 1.29 is 8.78 Å². The number of hydrogen-bond acceptors (Lipinski definition) is 0. The first-order valence-corrected chi connectivity index (χ1v) is 13.6. The van der Waals surface area contributed by atoms with E-state index in [1.807, 2.05) is 37.3 Å². The van der Waals surface area contributed by atoms with Gasteiger partial charge in [-0.25, -0.2) is 8.78 Å². The van der Waals surface area contributed by atoms with E-state index in [-0.39, 0.29) is 17.6 Å². The quantitative estimate of drug-likeness (QED) is 0.262. The van der Waals surface area contributed by atoms with Gasteiger partial charge in [-0.2, -0.15) is 0 Å². The van der Waals surface area contributed by atoms with E-state index in [1.54, 1.807) is 0 Å². The van der Waals surface area contributed by atoms with Crippen molar-refractivity contribution in [3.05, 3.63) is 59.2 Å². The van der Waals surface area contributed by atoms with Gasteiger partial charge in [0.15, 0.2) is 0 Å². The zero-order valence-corrected chi connectivity index (χ0v) is 20.7. The lowest BCUT2D eigenvalue weighted by Gasteiger charge is -2.42. The van der Waals surface area contributed by atoms with Crippen LogP contribution in [0.1, 0.15) is 108 Å². The van der Waals surface area contributed by atoms with Crippen molar-refractivity contribution in [2.24, 2.45) is 17.8 Å². The molecule has 0 aromatic heterocycles. The van der Waals surface area contributed by atoms with E-state index in [2.05, 4.69) is 6.92 Å². The summed E-state index contributed by atoms with van der Waals surface area (Å²) in [5.41, 5.74) is 1.50. The first-order chi connectivity index (χ1) is 16.1. The van der Waals surface area contributed by atoms with Crippen molar-refractivity contribution >= 4 is 10.8 Å². The van der Waals surface area contributed by atoms with Crippen LogP contribution in [0.4, 0.5) is 8.78 Å². The summed E-state index contributed by atoms with van der Waals surface area (Å²) in [6.45, 7) is 4.25. The average molecular weight is 453 g/mol. The Bertz CT molecular complexity index is 944. The van der Waals surface area contributed by atoms with Gasteiger partial charge in [0.25, 0.3) is 0 Å². The molecule has 0 radical (unpaired) electrons. The summed E-state index contributed by atoms with van der Waals surface area (Å²) in [7, 11) is 0. The van der Waals surface area contributed by atoms with Crippen LogP contribution < -0.4 is 0 Å². The van der Waals surface area contributed by atoms with Gasteiger partial charge in [-0.3, -0.25) is 0 Å². The predicted molar refractivity (Wildman–Crippen MR) is 137 cm³/mol. The molecule has 4 rings (SSSR count). The van der Waals surface area contributed by atoms with E-state index in [9.17, 15) is 0 Å². The Hall–Kier alpha value is -1.70. The Morgan fingerprint density at radius 1 is 0.939 bits per heavy atom. The Kier molecular flexibility index (Phi) is 8.61. The topological polar surface area (TPSA) is 0 Å². The number of benzene rings is 2. The zero-order chi connectivity index (χ0) is 23.2. The van der Waals surface area contributed by atoms with E-state index < -0.39 is 0 Å². The highest BCUT2D eigenvalue weighted by Crippen LogP contribution is 2.49. The van der Waals surface area contributed by atoms with Crippen LogP contribution in [0, 0.1) is 29.4 Å². The molecule has 2 aliphatic carbocycles. The van der Waals surface area contributed by atoms with Crippen molar-refractivity contribution in [2.75, 3.05) is 0 Å². The molecule has 2 heteroatoms. The van der Waals surface area contributed by atoms with Crippen molar-refractivity contribution in [3.8, 4) is 0 Å². The van der Waals surface area contributed by atoms with Crippen molar-refractivity contribution in [1.82, 2.24) is 0 Å². The molecule has 2 aliphatic rings. The second kappa shape index (κ2) is 11.6.